The monoisotopic (exact) mass is 234 g/mol. The highest BCUT2D eigenvalue weighted by molar-refractivity contribution is 6.31. The van der Waals surface area contributed by atoms with E-state index in [0.717, 1.165) is 16.3 Å². The second kappa shape index (κ2) is 6.23. The van der Waals surface area contributed by atoms with Gasteiger partial charge in [-0.3, -0.25) is 9.97 Å². The molecule has 0 atom stereocenters. The lowest BCUT2D eigenvalue weighted by molar-refractivity contribution is 1.18. The average Bonchev–Trinajstić information content (AvgIpc) is 2.23. The Morgan fingerprint density at radius 1 is 1.06 bits per heavy atom. The normalized spacial score (nSPS) is 9.25. The molecule has 2 aromatic heterocycles. The molecule has 0 aliphatic carbocycles. The summed E-state index contributed by atoms with van der Waals surface area (Å²) in [6.07, 6.45) is 5.18. The fourth-order valence-corrected chi connectivity index (χ4v) is 1.25. The molecule has 0 aromatic carbocycles. The molecule has 0 bridgehead atoms. The van der Waals surface area contributed by atoms with Crippen LogP contribution < -0.4 is 0 Å². The Morgan fingerprint density at radius 2 is 1.81 bits per heavy atom. The quantitative estimate of drug-likeness (QED) is 0.694. The first-order chi connectivity index (χ1) is 7.59. The Bertz CT molecular complexity index is 417. The van der Waals surface area contributed by atoms with Gasteiger partial charge in [-0.2, -0.15) is 0 Å². The summed E-state index contributed by atoms with van der Waals surface area (Å²) in [7, 11) is 0. The van der Waals surface area contributed by atoms with Gasteiger partial charge in [-0.1, -0.05) is 11.6 Å². The fraction of sp³-hybridized carbons (Fsp3) is 0.231. The molecule has 2 rings (SSSR count). The van der Waals surface area contributed by atoms with E-state index in [-0.39, 0.29) is 0 Å². The van der Waals surface area contributed by atoms with Crippen LogP contribution in [0.4, 0.5) is 0 Å². The standard InChI is InChI=1S/C7H9N.C6H6ClN/c1-6-3-4-8-7(2)5-6;1-5-2-3-8-4-6(5)7/h3-5H,1-2H3;2-4H,1H3. The Kier molecular flexibility index (Phi) is 4.93. The Morgan fingerprint density at radius 3 is 2.19 bits per heavy atom. The number of halogens is 1. The number of pyridine rings is 2. The van der Waals surface area contributed by atoms with Crippen LogP contribution in [0.25, 0.3) is 0 Å². The van der Waals surface area contributed by atoms with Gasteiger partial charge in [-0.25, -0.2) is 0 Å². The van der Waals surface area contributed by atoms with Crippen molar-refractivity contribution in [2.75, 3.05) is 0 Å². The van der Waals surface area contributed by atoms with Gasteiger partial charge < -0.3 is 0 Å². The largest absolute Gasteiger partial charge is 0.263 e. The average molecular weight is 235 g/mol. The van der Waals surface area contributed by atoms with Gasteiger partial charge in [0.25, 0.3) is 0 Å². The second-order valence-electron chi connectivity index (χ2n) is 3.60. The van der Waals surface area contributed by atoms with Gasteiger partial charge in [-0.15, -0.1) is 0 Å². The van der Waals surface area contributed by atoms with E-state index in [0.29, 0.717) is 0 Å². The molecule has 2 nitrogen and oxygen atoms in total. The summed E-state index contributed by atoms with van der Waals surface area (Å²) in [5, 5.41) is 0.729. The van der Waals surface area contributed by atoms with Crippen molar-refractivity contribution < 1.29 is 0 Å². The minimum absolute atomic E-state index is 0.729. The highest BCUT2D eigenvalue weighted by Gasteiger charge is 1.87. The summed E-state index contributed by atoms with van der Waals surface area (Å²) in [5.41, 5.74) is 3.43. The lowest BCUT2D eigenvalue weighted by Crippen LogP contribution is -1.78. The minimum Gasteiger partial charge on any atom is -0.263 e. The first kappa shape index (κ1) is 12.7. The van der Waals surface area contributed by atoms with E-state index in [1.165, 1.54) is 5.56 Å². The van der Waals surface area contributed by atoms with Gasteiger partial charge in [0.1, 0.15) is 0 Å². The lowest BCUT2D eigenvalue weighted by atomic mass is 10.3. The molecule has 16 heavy (non-hydrogen) atoms. The number of aromatic nitrogens is 2. The molecular weight excluding hydrogens is 220 g/mol. The highest BCUT2D eigenvalue weighted by Crippen LogP contribution is 2.10. The third-order valence-electron chi connectivity index (χ3n) is 2.03. The first-order valence-electron chi connectivity index (χ1n) is 5.05. The van der Waals surface area contributed by atoms with Crippen LogP contribution in [-0.4, -0.2) is 9.97 Å². The van der Waals surface area contributed by atoms with Crippen molar-refractivity contribution >= 4 is 11.6 Å². The van der Waals surface area contributed by atoms with E-state index in [1.807, 2.05) is 32.2 Å². The van der Waals surface area contributed by atoms with Gasteiger partial charge in [0.15, 0.2) is 0 Å². The summed E-state index contributed by atoms with van der Waals surface area (Å²) in [6, 6.07) is 5.93. The Balaban J connectivity index is 0.000000160. The molecule has 2 aromatic rings. The third kappa shape index (κ3) is 4.41. The third-order valence-corrected chi connectivity index (χ3v) is 2.42. The number of hydrogen-bond donors (Lipinski definition) is 0. The van der Waals surface area contributed by atoms with Gasteiger partial charge >= 0.3 is 0 Å². The first-order valence-corrected chi connectivity index (χ1v) is 5.43. The van der Waals surface area contributed by atoms with E-state index in [2.05, 4.69) is 23.0 Å². The Labute approximate surface area is 101 Å². The van der Waals surface area contributed by atoms with Crippen molar-refractivity contribution in [2.24, 2.45) is 0 Å². The zero-order valence-corrected chi connectivity index (χ0v) is 10.5. The summed E-state index contributed by atoms with van der Waals surface area (Å²) < 4.78 is 0. The van der Waals surface area contributed by atoms with Crippen molar-refractivity contribution in [3.63, 3.8) is 0 Å². The molecule has 0 saturated carbocycles. The zero-order valence-electron chi connectivity index (χ0n) is 9.74. The molecule has 2 heterocycles. The molecule has 0 saturated heterocycles. The van der Waals surface area contributed by atoms with Crippen LogP contribution in [0, 0.1) is 20.8 Å². The topological polar surface area (TPSA) is 25.8 Å². The van der Waals surface area contributed by atoms with Crippen LogP contribution in [-0.2, 0) is 0 Å². The minimum atomic E-state index is 0.729. The van der Waals surface area contributed by atoms with Crippen LogP contribution in [0.5, 0.6) is 0 Å². The molecule has 0 aliphatic heterocycles. The van der Waals surface area contributed by atoms with Crippen LogP contribution >= 0.6 is 11.6 Å². The number of aryl methyl sites for hydroxylation is 3. The molecule has 0 amide bonds. The van der Waals surface area contributed by atoms with Crippen molar-refractivity contribution in [2.45, 2.75) is 20.8 Å². The van der Waals surface area contributed by atoms with Crippen LogP contribution in [0.15, 0.2) is 36.8 Å². The summed E-state index contributed by atoms with van der Waals surface area (Å²) in [4.78, 5) is 7.85. The zero-order chi connectivity index (χ0) is 12.0. The summed E-state index contributed by atoms with van der Waals surface area (Å²) in [5.74, 6) is 0. The van der Waals surface area contributed by atoms with Crippen LogP contribution in [0.1, 0.15) is 16.8 Å². The number of rotatable bonds is 0. The maximum Gasteiger partial charge on any atom is 0.0618 e. The maximum absolute atomic E-state index is 5.65. The van der Waals surface area contributed by atoms with Crippen LogP contribution in [0.2, 0.25) is 5.02 Å². The van der Waals surface area contributed by atoms with E-state index < -0.39 is 0 Å². The molecule has 0 unspecified atom stereocenters. The molecular formula is C13H15ClN2. The van der Waals surface area contributed by atoms with Crippen molar-refractivity contribution in [1.82, 2.24) is 9.97 Å². The van der Waals surface area contributed by atoms with E-state index >= 15 is 0 Å². The second-order valence-corrected chi connectivity index (χ2v) is 4.01. The highest BCUT2D eigenvalue weighted by atomic mass is 35.5. The van der Waals surface area contributed by atoms with Crippen molar-refractivity contribution in [3.8, 4) is 0 Å². The van der Waals surface area contributed by atoms with Gasteiger partial charge in [0.05, 0.1) is 5.02 Å². The van der Waals surface area contributed by atoms with E-state index in [4.69, 9.17) is 11.6 Å². The van der Waals surface area contributed by atoms with E-state index in [1.54, 1.807) is 12.4 Å². The predicted octanol–water partition coefficient (Wildman–Crippen LogP) is 3.74. The molecule has 0 aliphatic rings. The smallest absolute Gasteiger partial charge is 0.0618 e. The lowest BCUT2D eigenvalue weighted by Gasteiger charge is -1.90. The number of hydrogen-bond acceptors (Lipinski definition) is 2. The van der Waals surface area contributed by atoms with Crippen molar-refractivity contribution in [1.29, 1.82) is 0 Å². The predicted molar refractivity (Wildman–Crippen MR) is 67.7 cm³/mol. The summed E-state index contributed by atoms with van der Waals surface area (Å²) >= 11 is 5.65. The molecule has 0 radical (unpaired) electrons. The fourth-order valence-electron chi connectivity index (χ4n) is 1.13. The molecule has 0 fully saturated rings. The molecule has 0 spiro atoms. The van der Waals surface area contributed by atoms with E-state index in [9.17, 15) is 0 Å². The summed E-state index contributed by atoms with van der Waals surface area (Å²) in [6.45, 7) is 6.01. The number of nitrogens with zero attached hydrogens (tertiary/aromatic N) is 2. The van der Waals surface area contributed by atoms with Crippen molar-refractivity contribution in [3.05, 3.63) is 58.6 Å². The molecule has 3 heteroatoms. The van der Waals surface area contributed by atoms with Gasteiger partial charge in [0.2, 0.25) is 0 Å². The SMILES string of the molecule is Cc1ccnc(C)c1.Cc1ccncc1Cl. The van der Waals surface area contributed by atoms with Gasteiger partial charge in [-0.05, 0) is 50.1 Å². The van der Waals surface area contributed by atoms with Crippen LogP contribution in [0.3, 0.4) is 0 Å². The Hall–Kier alpha value is -1.41. The van der Waals surface area contributed by atoms with Gasteiger partial charge in [0, 0.05) is 24.3 Å². The molecule has 0 N–H and O–H groups in total. The maximum atomic E-state index is 5.65. The molecule has 84 valence electrons.